The van der Waals surface area contributed by atoms with E-state index in [-0.39, 0.29) is 0 Å². The minimum Gasteiger partial charge on any atom is -0.455 e. The first-order chi connectivity index (χ1) is 22.7. The highest BCUT2D eigenvalue weighted by molar-refractivity contribution is 6.24. The molecule has 0 atom stereocenters. The summed E-state index contributed by atoms with van der Waals surface area (Å²) in [6.45, 7) is 0. The van der Waals surface area contributed by atoms with Crippen molar-refractivity contribution in [2.45, 2.75) is 0 Å². The molecule has 6 heteroatoms. The quantitative estimate of drug-likeness (QED) is 0.204. The van der Waals surface area contributed by atoms with E-state index in [1.54, 1.807) is 12.1 Å². The van der Waals surface area contributed by atoms with Gasteiger partial charge in [-0.1, -0.05) is 72.8 Å². The average molecular weight is 590 g/mol. The summed E-state index contributed by atoms with van der Waals surface area (Å²) in [5, 5.41) is 13.6. The summed E-state index contributed by atoms with van der Waals surface area (Å²) in [4.78, 5) is 14.6. The minimum absolute atomic E-state index is 0.536. The van der Waals surface area contributed by atoms with Gasteiger partial charge in [0.15, 0.2) is 17.5 Å². The standard InChI is InChI=1S/C40H23N5O/c41-24-25-15-17-27(18-16-25)39-42-38(26-9-3-1-4-10-26)43-40(44-39)28-19-20-30-31-21-22-34-36(37(31)46-35(30)23-28)32-13-7-8-14-33(32)45(34)29-11-5-2-6-12-29/h1-23H. The van der Waals surface area contributed by atoms with Crippen LogP contribution in [0.3, 0.4) is 0 Å². The van der Waals surface area contributed by atoms with Crippen molar-refractivity contribution in [1.29, 1.82) is 5.26 Å². The van der Waals surface area contributed by atoms with E-state index in [1.165, 1.54) is 0 Å². The third-order valence-corrected chi connectivity index (χ3v) is 8.49. The van der Waals surface area contributed by atoms with Crippen LogP contribution in [0.2, 0.25) is 0 Å². The van der Waals surface area contributed by atoms with Gasteiger partial charge in [-0.25, -0.2) is 15.0 Å². The Morgan fingerprint density at radius 3 is 1.87 bits per heavy atom. The molecule has 0 N–H and O–H groups in total. The molecule has 0 bridgehead atoms. The number of hydrogen-bond acceptors (Lipinski definition) is 5. The summed E-state index contributed by atoms with van der Waals surface area (Å²) >= 11 is 0. The van der Waals surface area contributed by atoms with Crippen LogP contribution in [-0.2, 0) is 0 Å². The lowest BCUT2D eigenvalue weighted by molar-refractivity contribution is 0.673. The lowest BCUT2D eigenvalue weighted by Gasteiger charge is -2.08. The van der Waals surface area contributed by atoms with Crippen LogP contribution in [0.1, 0.15) is 5.56 Å². The molecule has 3 aromatic heterocycles. The summed E-state index contributed by atoms with van der Waals surface area (Å²) in [6.07, 6.45) is 0. The van der Waals surface area contributed by atoms with E-state index in [9.17, 15) is 5.26 Å². The number of nitriles is 1. The van der Waals surface area contributed by atoms with E-state index < -0.39 is 0 Å². The summed E-state index contributed by atoms with van der Waals surface area (Å²) in [6, 6.07) is 48.7. The number of furan rings is 1. The van der Waals surface area contributed by atoms with Crippen molar-refractivity contribution in [1.82, 2.24) is 19.5 Å². The molecule has 0 aliphatic heterocycles. The lowest BCUT2D eigenvalue weighted by Crippen LogP contribution is -2.00. The molecule has 0 aliphatic carbocycles. The highest BCUT2D eigenvalue weighted by Gasteiger charge is 2.19. The molecule has 0 aliphatic rings. The number of para-hydroxylation sites is 2. The highest BCUT2D eigenvalue weighted by atomic mass is 16.3. The molecule has 0 saturated carbocycles. The predicted octanol–water partition coefficient (Wildman–Crippen LogP) is 9.74. The van der Waals surface area contributed by atoms with Crippen LogP contribution in [0.5, 0.6) is 0 Å². The molecule has 214 valence electrons. The Kier molecular flexibility index (Phi) is 5.77. The number of aromatic nitrogens is 4. The maximum absolute atomic E-state index is 9.29. The van der Waals surface area contributed by atoms with Gasteiger partial charge in [0, 0.05) is 38.5 Å². The third-order valence-electron chi connectivity index (χ3n) is 8.49. The first kappa shape index (κ1) is 25.9. The van der Waals surface area contributed by atoms with Gasteiger partial charge in [-0.05, 0) is 66.7 Å². The largest absolute Gasteiger partial charge is 0.455 e. The predicted molar refractivity (Wildman–Crippen MR) is 182 cm³/mol. The Labute approximate surface area is 263 Å². The van der Waals surface area contributed by atoms with Crippen molar-refractivity contribution in [2.75, 3.05) is 0 Å². The number of nitrogens with zero attached hydrogens (tertiary/aromatic N) is 5. The molecule has 0 saturated heterocycles. The lowest BCUT2D eigenvalue weighted by atomic mass is 10.1. The third kappa shape index (κ3) is 4.07. The molecule has 0 amide bonds. The zero-order chi connectivity index (χ0) is 30.6. The van der Waals surface area contributed by atoms with E-state index >= 15 is 0 Å². The molecular formula is C40H23N5O. The average Bonchev–Trinajstić information content (AvgIpc) is 3.67. The van der Waals surface area contributed by atoms with Crippen LogP contribution in [0.4, 0.5) is 0 Å². The zero-order valence-electron chi connectivity index (χ0n) is 24.4. The van der Waals surface area contributed by atoms with Crippen molar-refractivity contribution < 1.29 is 4.42 Å². The molecular weight excluding hydrogens is 566 g/mol. The molecule has 0 unspecified atom stereocenters. The normalized spacial score (nSPS) is 11.5. The second-order valence-electron chi connectivity index (χ2n) is 11.2. The van der Waals surface area contributed by atoms with E-state index in [2.05, 4.69) is 77.4 Å². The summed E-state index contributed by atoms with van der Waals surface area (Å²) < 4.78 is 9.02. The molecule has 46 heavy (non-hydrogen) atoms. The SMILES string of the molecule is N#Cc1ccc(-c2nc(-c3ccccc3)nc(-c3ccc4c(c3)oc3c4ccc4c3c3ccccc3n4-c3ccccc3)n2)cc1. The van der Waals surface area contributed by atoms with Crippen molar-refractivity contribution in [3.8, 4) is 45.9 Å². The van der Waals surface area contributed by atoms with E-state index in [0.29, 0.717) is 23.0 Å². The molecule has 0 spiro atoms. The molecule has 3 heterocycles. The van der Waals surface area contributed by atoms with Crippen LogP contribution >= 0.6 is 0 Å². The fourth-order valence-electron chi connectivity index (χ4n) is 6.32. The van der Waals surface area contributed by atoms with Crippen LogP contribution in [-0.4, -0.2) is 19.5 Å². The first-order valence-corrected chi connectivity index (χ1v) is 15.0. The summed E-state index contributed by atoms with van der Waals surface area (Å²) in [5.74, 6) is 1.65. The number of benzene rings is 6. The monoisotopic (exact) mass is 589 g/mol. The maximum atomic E-state index is 9.29. The highest BCUT2D eigenvalue weighted by Crippen LogP contribution is 2.41. The Morgan fingerprint density at radius 1 is 0.522 bits per heavy atom. The Balaban J connectivity index is 1.25. The first-order valence-electron chi connectivity index (χ1n) is 15.0. The Bertz CT molecular complexity index is 2630. The van der Waals surface area contributed by atoms with Gasteiger partial charge >= 0.3 is 0 Å². The molecule has 9 rings (SSSR count). The molecule has 0 fully saturated rings. The number of fused-ring (bicyclic) bond motifs is 7. The van der Waals surface area contributed by atoms with Gasteiger partial charge in [-0.3, -0.25) is 0 Å². The Hall–Kier alpha value is -6.58. The van der Waals surface area contributed by atoms with Gasteiger partial charge in [0.05, 0.1) is 28.1 Å². The van der Waals surface area contributed by atoms with Crippen LogP contribution < -0.4 is 0 Å². The summed E-state index contributed by atoms with van der Waals surface area (Å²) in [5.41, 5.74) is 8.05. The molecule has 0 radical (unpaired) electrons. The topological polar surface area (TPSA) is 80.5 Å². The Morgan fingerprint density at radius 2 is 1.13 bits per heavy atom. The fraction of sp³-hybridized carbons (Fsp3) is 0. The van der Waals surface area contributed by atoms with Gasteiger partial charge < -0.3 is 8.98 Å². The number of rotatable bonds is 4. The van der Waals surface area contributed by atoms with Gasteiger partial charge in [0.2, 0.25) is 0 Å². The van der Waals surface area contributed by atoms with Crippen molar-refractivity contribution in [2.24, 2.45) is 0 Å². The molecule has 9 aromatic rings. The van der Waals surface area contributed by atoms with Crippen molar-refractivity contribution in [3.05, 3.63) is 145 Å². The van der Waals surface area contributed by atoms with E-state index in [0.717, 1.165) is 66.1 Å². The minimum atomic E-state index is 0.536. The summed E-state index contributed by atoms with van der Waals surface area (Å²) in [7, 11) is 0. The van der Waals surface area contributed by atoms with Crippen molar-refractivity contribution in [3.63, 3.8) is 0 Å². The van der Waals surface area contributed by atoms with Crippen LogP contribution in [0.25, 0.3) is 83.6 Å². The van der Waals surface area contributed by atoms with Gasteiger partial charge in [-0.2, -0.15) is 5.26 Å². The van der Waals surface area contributed by atoms with E-state index in [4.69, 9.17) is 19.4 Å². The van der Waals surface area contributed by atoms with Gasteiger partial charge in [0.25, 0.3) is 0 Å². The van der Waals surface area contributed by atoms with Crippen molar-refractivity contribution >= 4 is 43.7 Å². The number of hydrogen-bond donors (Lipinski definition) is 0. The fourth-order valence-corrected chi connectivity index (χ4v) is 6.32. The maximum Gasteiger partial charge on any atom is 0.164 e. The van der Waals surface area contributed by atoms with Crippen LogP contribution in [0.15, 0.2) is 144 Å². The second kappa shape index (κ2) is 10.3. The van der Waals surface area contributed by atoms with E-state index in [1.807, 2.05) is 60.7 Å². The van der Waals surface area contributed by atoms with Gasteiger partial charge in [0.1, 0.15) is 11.2 Å². The zero-order valence-corrected chi connectivity index (χ0v) is 24.4. The smallest absolute Gasteiger partial charge is 0.164 e. The second-order valence-corrected chi connectivity index (χ2v) is 11.2. The van der Waals surface area contributed by atoms with Gasteiger partial charge in [-0.15, -0.1) is 0 Å². The molecule has 6 nitrogen and oxygen atoms in total. The molecule has 6 aromatic carbocycles. The van der Waals surface area contributed by atoms with Crippen LogP contribution in [0, 0.1) is 11.3 Å².